The SMILES string of the molecule is Cc1nc(Sc2ccc([C@H](C)O)cc2)nc(C)c1C. The monoisotopic (exact) mass is 274 g/mol. The minimum absolute atomic E-state index is 0.431. The van der Waals surface area contributed by atoms with Crippen molar-refractivity contribution in [3.63, 3.8) is 0 Å². The molecule has 1 heterocycles. The van der Waals surface area contributed by atoms with Crippen LogP contribution in [0, 0.1) is 20.8 Å². The van der Waals surface area contributed by atoms with Gasteiger partial charge in [0.05, 0.1) is 6.10 Å². The van der Waals surface area contributed by atoms with E-state index in [1.807, 2.05) is 45.0 Å². The second-order valence-electron chi connectivity index (χ2n) is 4.65. The molecule has 3 nitrogen and oxygen atoms in total. The number of hydrogen-bond acceptors (Lipinski definition) is 4. The largest absolute Gasteiger partial charge is 0.389 e. The van der Waals surface area contributed by atoms with Gasteiger partial charge in [-0.1, -0.05) is 12.1 Å². The second kappa shape index (κ2) is 5.72. The Kier molecular flexibility index (Phi) is 4.22. The van der Waals surface area contributed by atoms with E-state index in [1.165, 1.54) is 0 Å². The van der Waals surface area contributed by atoms with Crippen LogP contribution in [0.5, 0.6) is 0 Å². The van der Waals surface area contributed by atoms with Crippen LogP contribution in [-0.2, 0) is 0 Å². The first-order valence-corrected chi connectivity index (χ1v) is 7.06. The Morgan fingerprint density at radius 1 is 1.00 bits per heavy atom. The summed E-state index contributed by atoms with van der Waals surface area (Å²) in [6, 6.07) is 7.84. The molecule has 2 aromatic rings. The van der Waals surface area contributed by atoms with Gasteiger partial charge in [-0.2, -0.15) is 0 Å². The molecule has 0 saturated heterocycles. The van der Waals surface area contributed by atoms with Gasteiger partial charge in [0.15, 0.2) is 5.16 Å². The molecule has 0 amide bonds. The molecule has 0 radical (unpaired) electrons. The lowest BCUT2D eigenvalue weighted by Gasteiger charge is -2.08. The summed E-state index contributed by atoms with van der Waals surface area (Å²) < 4.78 is 0. The third-order valence-corrected chi connectivity index (χ3v) is 4.06. The summed E-state index contributed by atoms with van der Waals surface area (Å²) in [6.07, 6.45) is -0.431. The van der Waals surface area contributed by atoms with Crippen LogP contribution in [0.4, 0.5) is 0 Å². The summed E-state index contributed by atoms with van der Waals surface area (Å²) in [5, 5.41) is 10.2. The van der Waals surface area contributed by atoms with Gasteiger partial charge >= 0.3 is 0 Å². The normalized spacial score (nSPS) is 12.5. The van der Waals surface area contributed by atoms with Gasteiger partial charge in [-0.05, 0) is 62.7 Å². The molecule has 0 fully saturated rings. The number of aromatic nitrogens is 2. The van der Waals surface area contributed by atoms with Gasteiger partial charge in [-0.25, -0.2) is 9.97 Å². The third kappa shape index (κ3) is 3.33. The summed E-state index contributed by atoms with van der Waals surface area (Å²) in [5.74, 6) is 0. The molecule has 1 aromatic carbocycles. The number of aliphatic hydroxyl groups excluding tert-OH is 1. The molecule has 0 saturated carbocycles. The lowest BCUT2D eigenvalue weighted by Crippen LogP contribution is -1.97. The van der Waals surface area contributed by atoms with Crippen LogP contribution >= 0.6 is 11.8 Å². The van der Waals surface area contributed by atoms with Crippen molar-refractivity contribution in [1.82, 2.24) is 9.97 Å². The minimum Gasteiger partial charge on any atom is -0.389 e. The average Bonchev–Trinajstić information content (AvgIpc) is 2.36. The van der Waals surface area contributed by atoms with Gasteiger partial charge < -0.3 is 5.11 Å². The van der Waals surface area contributed by atoms with Crippen molar-refractivity contribution in [3.8, 4) is 0 Å². The first-order chi connectivity index (χ1) is 8.97. The van der Waals surface area contributed by atoms with Crippen molar-refractivity contribution in [2.75, 3.05) is 0 Å². The second-order valence-corrected chi connectivity index (χ2v) is 5.69. The standard InChI is InChI=1S/C15H18N2OS/c1-9-10(2)16-15(17-11(9)3)19-14-7-5-13(6-8-14)12(4)18/h5-8,12,18H,1-4H3/t12-/m0/s1. The van der Waals surface area contributed by atoms with E-state index in [0.717, 1.165) is 32.6 Å². The van der Waals surface area contributed by atoms with E-state index in [4.69, 9.17) is 0 Å². The van der Waals surface area contributed by atoms with Gasteiger partial charge in [0.25, 0.3) is 0 Å². The van der Waals surface area contributed by atoms with Crippen molar-refractivity contribution in [2.45, 2.75) is 43.9 Å². The molecule has 0 aliphatic heterocycles. The quantitative estimate of drug-likeness (QED) is 0.869. The van der Waals surface area contributed by atoms with Crippen LogP contribution in [0.3, 0.4) is 0 Å². The maximum absolute atomic E-state index is 9.48. The zero-order chi connectivity index (χ0) is 14.0. The predicted molar refractivity (Wildman–Crippen MR) is 77.4 cm³/mol. The zero-order valence-electron chi connectivity index (χ0n) is 11.6. The van der Waals surface area contributed by atoms with Crippen molar-refractivity contribution < 1.29 is 5.11 Å². The van der Waals surface area contributed by atoms with Crippen LogP contribution in [0.15, 0.2) is 34.3 Å². The van der Waals surface area contributed by atoms with E-state index >= 15 is 0 Å². The van der Waals surface area contributed by atoms with Gasteiger partial charge in [0.1, 0.15) is 0 Å². The minimum atomic E-state index is -0.431. The highest BCUT2D eigenvalue weighted by molar-refractivity contribution is 7.99. The van der Waals surface area contributed by atoms with Crippen LogP contribution in [-0.4, -0.2) is 15.1 Å². The molecule has 100 valence electrons. The first-order valence-electron chi connectivity index (χ1n) is 6.25. The Balaban J connectivity index is 2.21. The number of nitrogens with zero attached hydrogens (tertiary/aromatic N) is 2. The fraction of sp³-hybridized carbons (Fsp3) is 0.333. The molecule has 0 aliphatic carbocycles. The molecule has 4 heteroatoms. The molecule has 1 N–H and O–H groups in total. The lowest BCUT2D eigenvalue weighted by molar-refractivity contribution is 0.199. The highest BCUT2D eigenvalue weighted by Crippen LogP contribution is 2.27. The Labute approximate surface area is 118 Å². The molecule has 0 unspecified atom stereocenters. The fourth-order valence-corrected chi connectivity index (χ4v) is 2.56. The Morgan fingerprint density at radius 3 is 2.00 bits per heavy atom. The van der Waals surface area contributed by atoms with Crippen molar-refractivity contribution >= 4 is 11.8 Å². The summed E-state index contributed by atoms with van der Waals surface area (Å²) in [4.78, 5) is 10.1. The number of benzene rings is 1. The zero-order valence-corrected chi connectivity index (χ0v) is 12.5. The van der Waals surface area contributed by atoms with E-state index in [2.05, 4.69) is 9.97 Å². The molecule has 1 aromatic heterocycles. The number of hydrogen-bond donors (Lipinski definition) is 1. The molecule has 0 aliphatic rings. The maximum Gasteiger partial charge on any atom is 0.192 e. The van der Waals surface area contributed by atoms with Crippen LogP contribution in [0.25, 0.3) is 0 Å². The topological polar surface area (TPSA) is 46.0 Å². The van der Waals surface area contributed by atoms with Crippen molar-refractivity contribution in [2.24, 2.45) is 0 Å². The smallest absolute Gasteiger partial charge is 0.192 e. The van der Waals surface area contributed by atoms with Gasteiger partial charge in [0.2, 0.25) is 0 Å². The summed E-state index contributed by atoms with van der Waals surface area (Å²) in [6.45, 7) is 7.81. The lowest BCUT2D eigenvalue weighted by atomic mass is 10.1. The van der Waals surface area contributed by atoms with E-state index in [9.17, 15) is 5.11 Å². The average molecular weight is 274 g/mol. The number of rotatable bonds is 3. The molecule has 19 heavy (non-hydrogen) atoms. The highest BCUT2D eigenvalue weighted by atomic mass is 32.2. The fourth-order valence-electron chi connectivity index (χ4n) is 1.71. The Hall–Kier alpha value is -1.39. The van der Waals surface area contributed by atoms with E-state index < -0.39 is 6.10 Å². The molecule has 0 spiro atoms. The molecular formula is C15H18N2OS. The van der Waals surface area contributed by atoms with Crippen LogP contribution < -0.4 is 0 Å². The molecular weight excluding hydrogens is 256 g/mol. The summed E-state index contributed by atoms with van der Waals surface area (Å²) in [7, 11) is 0. The number of aryl methyl sites for hydroxylation is 2. The first kappa shape index (κ1) is 14.0. The predicted octanol–water partition coefficient (Wildman–Crippen LogP) is 3.61. The van der Waals surface area contributed by atoms with E-state index in [0.29, 0.717) is 0 Å². The molecule has 2 rings (SSSR count). The van der Waals surface area contributed by atoms with E-state index in [1.54, 1.807) is 18.7 Å². The van der Waals surface area contributed by atoms with Crippen molar-refractivity contribution in [1.29, 1.82) is 0 Å². The number of aliphatic hydroxyl groups is 1. The summed E-state index contributed by atoms with van der Waals surface area (Å²) >= 11 is 1.54. The Morgan fingerprint density at radius 2 is 1.53 bits per heavy atom. The molecule has 1 atom stereocenters. The highest BCUT2D eigenvalue weighted by Gasteiger charge is 2.07. The van der Waals surface area contributed by atoms with Gasteiger partial charge in [-0.15, -0.1) is 0 Å². The van der Waals surface area contributed by atoms with Crippen LogP contribution in [0.2, 0.25) is 0 Å². The molecule has 0 bridgehead atoms. The van der Waals surface area contributed by atoms with E-state index in [-0.39, 0.29) is 0 Å². The van der Waals surface area contributed by atoms with Crippen LogP contribution in [0.1, 0.15) is 35.5 Å². The van der Waals surface area contributed by atoms with Crippen molar-refractivity contribution in [3.05, 3.63) is 46.8 Å². The van der Waals surface area contributed by atoms with Gasteiger partial charge in [0, 0.05) is 16.3 Å². The third-order valence-electron chi connectivity index (χ3n) is 3.18. The Bertz CT molecular complexity index is 556. The summed E-state index contributed by atoms with van der Waals surface area (Å²) in [5.41, 5.74) is 4.11. The van der Waals surface area contributed by atoms with Gasteiger partial charge in [-0.3, -0.25) is 0 Å². The maximum atomic E-state index is 9.48.